The summed E-state index contributed by atoms with van der Waals surface area (Å²) in [7, 11) is 0. The maximum atomic E-state index is 13.1. The Bertz CT molecular complexity index is 1130. The molecule has 9 heteroatoms. The van der Waals surface area contributed by atoms with Crippen molar-refractivity contribution in [2.45, 2.75) is 29.7 Å². The van der Waals surface area contributed by atoms with Gasteiger partial charge in [-0.1, -0.05) is 48.0 Å². The predicted octanol–water partition coefficient (Wildman–Crippen LogP) is 5.08. The van der Waals surface area contributed by atoms with E-state index >= 15 is 0 Å². The van der Waals surface area contributed by atoms with Crippen molar-refractivity contribution in [2.24, 2.45) is 0 Å². The van der Waals surface area contributed by atoms with Gasteiger partial charge in [0.15, 0.2) is 0 Å². The summed E-state index contributed by atoms with van der Waals surface area (Å²) in [5, 5.41) is 7.53. The Morgan fingerprint density at radius 1 is 1.12 bits per heavy atom. The third kappa shape index (κ3) is 5.44. The van der Waals surface area contributed by atoms with Gasteiger partial charge in [-0.3, -0.25) is 19.6 Å². The number of nitrogens with zero attached hydrogens (tertiary/aromatic N) is 3. The van der Waals surface area contributed by atoms with E-state index in [4.69, 9.17) is 11.6 Å². The van der Waals surface area contributed by atoms with E-state index < -0.39 is 5.25 Å². The van der Waals surface area contributed by atoms with Gasteiger partial charge in [-0.25, -0.2) is 9.37 Å². The van der Waals surface area contributed by atoms with Crippen molar-refractivity contribution in [2.75, 3.05) is 6.54 Å². The van der Waals surface area contributed by atoms with Gasteiger partial charge in [0, 0.05) is 17.1 Å². The maximum Gasteiger partial charge on any atom is 0.260 e. The number of thioether (sulfide) groups is 1. The van der Waals surface area contributed by atoms with Crippen molar-refractivity contribution >= 4 is 47.3 Å². The molecule has 3 aromatic rings. The van der Waals surface area contributed by atoms with Crippen molar-refractivity contribution in [1.82, 2.24) is 20.1 Å². The number of H-pyrrole nitrogens is 1. The number of hydrogen-bond donors (Lipinski definition) is 1. The van der Waals surface area contributed by atoms with Crippen molar-refractivity contribution in [3.8, 4) is 0 Å². The highest BCUT2D eigenvalue weighted by molar-refractivity contribution is 8.00. The fourth-order valence-corrected chi connectivity index (χ4v) is 4.47. The van der Waals surface area contributed by atoms with Crippen LogP contribution in [-0.2, 0) is 4.79 Å². The summed E-state index contributed by atoms with van der Waals surface area (Å²) in [5.41, 5.74) is 1.26. The molecule has 1 aromatic heterocycles. The molecule has 0 spiro atoms. The zero-order valence-corrected chi connectivity index (χ0v) is 18.6. The van der Waals surface area contributed by atoms with Gasteiger partial charge in [0.25, 0.3) is 5.91 Å². The van der Waals surface area contributed by atoms with Crippen molar-refractivity contribution in [1.29, 1.82) is 0 Å². The first kappa shape index (κ1) is 22.2. The van der Waals surface area contributed by atoms with Crippen LogP contribution >= 0.6 is 23.4 Å². The molecule has 2 heterocycles. The average molecular weight is 471 g/mol. The van der Waals surface area contributed by atoms with Gasteiger partial charge in [0.1, 0.15) is 11.6 Å². The Kier molecular flexibility index (Phi) is 7.02. The lowest BCUT2D eigenvalue weighted by atomic mass is 10.2. The first-order valence-corrected chi connectivity index (χ1v) is 11.4. The number of imide groups is 1. The molecule has 1 unspecified atom stereocenters. The third-order valence-electron chi connectivity index (χ3n) is 5.01. The molecule has 4 rings (SSSR count). The lowest BCUT2D eigenvalue weighted by Gasteiger charge is -2.21. The summed E-state index contributed by atoms with van der Waals surface area (Å²) in [6, 6.07) is 12.6. The van der Waals surface area contributed by atoms with E-state index in [-0.39, 0.29) is 17.6 Å². The number of aromatic amines is 1. The highest BCUT2D eigenvalue weighted by atomic mass is 35.5. The van der Waals surface area contributed by atoms with Crippen LogP contribution in [0.3, 0.4) is 0 Å². The predicted molar refractivity (Wildman–Crippen MR) is 123 cm³/mol. The molecule has 2 amide bonds. The van der Waals surface area contributed by atoms with Gasteiger partial charge in [0.2, 0.25) is 11.1 Å². The SMILES string of the molecule is O=C(c1ccc(Cl)cc1)N1CCCCC(Sc2n[nH]c(/C=C/c3ccc(F)cc3)n2)C1=O. The Hall–Kier alpha value is -2.97. The van der Waals surface area contributed by atoms with Crippen molar-refractivity contribution in [3.63, 3.8) is 0 Å². The minimum atomic E-state index is -0.446. The van der Waals surface area contributed by atoms with Crippen LogP contribution < -0.4 is 0 Å². The van der Waals surface area contributed by atoms with Crippen molar-refractivity contribution < 1.29 is 14.0 Å². The molecular formula is C23H20ClFN4O2S. The second-order valence-electron chi connectivity index (χ2n) is 7.29. The van der Waals surface area contributed by atoms with Crippen LogP contribution in [0.25, 0.3) is 12.2 Å². The molecule has 0 bridgehead atoms. The van der Waals surface area contributed by atoms with Crippen LogP contribution in [0, 0.1) is 5.82 Å². The monoisotopic (exact) mass is 470 g/mol. The molecule has 0 saturated carbocycles. The molecule has 1 aliphatic rings. The molecule has 1 atom stereocenters. The number of nitrogens with one attached hydrogen (secondary N) is 1. The van der Waals surface area contributed by atoms with Crippen LogP contribution in [0.2, 0.25) is 5.02 Å². The zero-order valence-electron chi connectivity index (χ0n) is 17.0. The molecule has 1 fully saturated rings. The zero-order chi connectivity index (χ0) is 22.5. The Balaban J connectivity index is 1.44. The number of hydrogen-bond acceptors (Lipinski definition) is 5. The topological polar surface area (TPSA) is 79.0 Å². The van der Waals surface area contributed by atoms with E-state index in [2.05, 4.69) is 15.2 Å². The second-order valence-corrected chi connectivity index (χ2v) is 8.90. The molecule has 1 N–H and O–H groups in total. The molecule has 1 aliphatic heterocycles. The fraction of sp³-hybridized carbons (Fsp3) is 0.217. The molecule has 0 aliphatic carbocycles. The van der Waals surface area contributed by atoms with Gasteiger partial charge in [0.05, 0.1) is 5.25 Å². The summed E-state index contributed by atoms with van der Waals surface area (Å²) in [6.45, 7) is 0.386. The van der Waals surface area contributed by atoms with Crippen molar-refractivity contribution in [3.05, 3.63) is 76.3 Å². The molecule has 1 saturated heterocycles. The number of aromatic nitrogens is 3. The minimum Gasteiger partial charge on any atom is -0.278 e. The van der Waals surface area contributed by atoms with E-state index in [9.17, 15) is 14.0 Å². The first-order chi connectivity index (χ1) is 15.5. The van der Waals surface area contributed by atoms with Gasteiger partial charge < -0.3 is 0 Å². The van der Waals surface area contributed by atoms with Crippen LogP contribution in [0.5, 0.6) is 0 Å². The van der Waals surface area contributed by atoms with E-state index in [0.717, 1.165) is 18.4 Å². The molecule has 2 aromatic carbocycles. The largest absolute Gasteiger partial charge is 0.278 e. The van der Waals surface area contributed by atoms with E-state index in [0.29, 0.717) is 34.5 Å². The lowest BCUT2D eigenvalue weighted by molar-refractivity contribution is -0.127. The second kappa shape index (κ2) is 10.1. The highest BCUT2D eigenvalue weighted by Gasteiger charge is 2.33. The van der Waals surface area contributed by atoms with Gasteiger partial charge in [-0.2, -0.15) is 0 Å². The highest BCUT2D eigenvalue weighted by Crippen LogP contribution is 2.29. The maximum absolute atomic E-state index is 13.1. The molecular weight excluding hydrogens is 451 g/mol. The number of carbonyl (C=O) groups excluding carboxylic acids is 2. The van der Waals surface area contributed by atoms with Crippen LogP contribution in [0.1, 0.15) is 41.0 Å². The number of halogens is 2. The molecule has 32 heavy (non-hydrogen) atoms. The standard InChI is InChI=1S/C23H20ClFN4O2S/c24-17-9-7-16(8-10-17)21(30)29-14-2-1-3-19(22(29)31)32-23-26-20(27-28-23)13-6-15-4-11-18(25)12-5-15/h4-13,19H,1-3,14H2,(H,26,27,28)/b13-6+. The third-order valence-corrected chi connectivity index (χ3v) is 6.38. The van der Waals surface area contributed by atoms with E-state index in [1.807, 2.05) is 0 Å². The number of carbonyl (C=O) groups is 2. The quantitative estimate of drug-likeness (QED) is 0.526. The van der Waals surface area contributed by atoms with Gasteiger partial charge in [-0.05, 0) is 60.9 Å². The Morgan fingerprint density at radius 2 is 1.88 bits per heavy atom. The molecule has 0 radical (unpaired) electrons. The summed E-state index contributed by atoms with van der Waals surface area (Å²) in [4.78, 5) is 31.7. The summed E-state index contributed by atoms with van der Waals surface area (Å²) >= 11 is 7.15. The average Bonchev–Trinajstić information content (AvgIpc) is 3.17. The summed E-state index contributed by atoms with van der Waals surface area (Å²) < 4.78 is 13.0. The number of benzene rings is 2. The summed E-state index contributed by atoms with van der Waals surface area (Å²) in [5.74, 6) is -0.332. The fourth-order valence-electron chi connectivity index (χ4n) is 3.33. The van der Waals surface area contributed by atoms with Crippen LogP contribution in [-0.4, -0.2) is 43.7 Å². The Morgan fingerprint density at radius 3 is 2.62 bits per heavy atom. The lowest BCUT2D eigenvalue weighted by Crippen LogP contribution is -2.41. The van der Waals surface area contributed by atoms with Crippen LogP contribution in [0.15, 0.2) is 53.7 Å². The number of likely N-dealkylation sites (tertiary alicyclic amines) is 1. The van der Waals surface area contributed by atoms with Gasteiger partial charge >= 0.3 is 0 Å². The normalized spacial score (nSPS) is 17.0. The first-order valence-electron chi connectivity index (χ1n) is 10.1. The van der Waals surface area contributed by atoms with E-state index in [1.165, 1.54) is 28.8 Å². The smallest absolute Gasteiger partial charge is 0.260 e. The summed E-state index contributed by atoms with van der Waals surface area (Å²) in [6.07, 6.45) is 5.74. The van der Waals surface area contributed by atoms with Crippen LogP contribution in [0.4, 0.5) is 4.39 Å². The number of rotatable bonds is 5. The van der Waals surface area contributed by atoms with Gasteiger partial charge in [-0.15, -0.1) is 5.10 Å². The number of amides is 2. The minimum absolute atomic E-state index is 0.236. The Labute approximate surface area is 193 Å². The molecule has 164 valence electrons. The van der Waals surface area contributed by atoms with E-state index in [1.54, 1.807) is 48.6 Å². The molecule has 6 nitrogen and oxygen atoms in total.